The molecule has 22 heavy (non-hydrogen) atoms. The molecular weight excluding hydrogens is 272 g/mol. The number of aryl methyl sites for hydroxylation is 2. The van der Waals surface area contributed by atoms with Crippen LogP contribution in [0.15, 0.2) is 24.3 Å². The highest BCUT2D eigenvalue weighted by Gasteiger charge is 2.18. The normalized spacial score (nSPS) is 17.6. The first-order chi connectivity index (χ1) is 10.7. The number of rotatable bonds is 4. The van der Waals surface area contributed by atoms with Crippen LogP contribution in [-0.2, 0) is 6.54 Å². The van der Waals surface area contributed by atoms with Crippen LogP contribution < -0.4 is 0 Å². The highest BCUT2D eigenvalue weighted by Crippen LogP contribution is 2.26. The van der Waals surface area contributed by atoms with Crippen molar-refractivity contribution >= 4 is 0 Å². The third kappa shape index (κ3) is 3.07. The van der Waals surface area contributed by atoms with Gasteiger partial charge in [-0.3, -0.25) is 4.90 Å². The van der Waals surface area contributed by atoms with Crippen molar-refractivity contribution in [2.45, 2.75) is 52.6 Å². The minimum Gasteiger partial charge on any atom is -0.297 e. The summed E-state index contributed by atoms with van der Waals surface area (Å²) in [6, 6.07) is 9.37. The molecule has 0 radical (unpaired) electrons. The van der Waals surface area contributed by atoms with Crippen molar-refractivity contribution in [2.24, 2.45) is 0 Å². The fourth-order valence-electron chi connectivity index (χ4n) is 3.32. The summed E-state index contributed by atoms with van der Waals surface area (Å²) in [6.07, 6.45) is 4.05. The second-order valence-corrected chi connectivity index (χ2v) is 6.19. The molecule has 0 amide bonds. The number of benzene rings is 1. The van der Waals surface area contributed by atoms with Crippen LogP contribution in [0.3, 0.4) is 0 Å². The summed E-state index contributed by atoms with van der Waals surface area (Å²) in [5.41, 5.74) is 2.54. The molecule has 3 rings (SSSR count). The Morgan fingerprint density at radius 1 is 1.09 bits per heavy atom. The van der Waals surface area contributed by atoms with E-state index in [1.807, 2.05) is 11.6 Å². The predicted octanol–water partition coefficient (Wildman–Crippen LogP) is 3.82. The van der Waals surface area contributed by atoms with Crippen molar-refractivity contribution in [1.29, 1.82) is 0 Å². The molecule has 1 aromatic carbocycles. The van der Waals surface area contributed by atoms with Crippen molar-refractivity contribution in [2.75, 3.05) is 13.1 Å². The van der Waals surface area contributed by atoms with Crippen molar-refractivity contribution < 1.29 is 0 Å². The predicted molar refractivity (Wildman–Crippen MR) is 89.7 cm³/mol. The van der Waals surface area contributed by atoms with Crippen LogP contribution in [0.4, 0.5) is 0 Å². The largest absolute Gasteiger partial charge is 0.297 e. The summed E-state index contributed by atoms with van der Waals surface area (Å²) in [7, 11) is 0. The average molecular weight is 298 g/mol. The van der Waals surface area contributed by atoms with Gasteiger partial charge in [-0.2, -0.15) is 5.10 Å². The van der Waals surface area contributed by atoms with Crippen LogP contribution in [0.5, 0.6) is 0 Å². The Morgan fingerprint density at radius 2 is 1.77 bits per heavy atom. The zero-order valence-electron chi connectivity index (χ0n) is 13.9. The van der Waals surface area contributed by atoms with Gasteiger partial charge in [0.15, 0.2) is 5.82 Å². The average Bonchev–Trinajstić information content (AvgIpc) is 2.96. The third-order valence-corrected chi connectivity index (χ3v) is 4.67. The summed E-state index contributed by atoms with van der Waals surface area (Å²) in [4.78, 5) is 7.15. The topological polar surface area (TPSA) is 34.0 Å². The van der Waals surface area contributed by atoms with Gasteiger partial charge in [0.2, 0.25) is 0 Å². The van der Waals surface area contributed by atoms with Gasteiger partial charge < -0.3 is 0 Å². The lowest BCUT2D eigenvalue weighted by Crippen LogP contribution is -2.32. The smallest absolute Gasteiger partial charge is 0.158 e. The molecule has 4 heteroatoms. The lowest BCUT2D eigenvalue weighted by Gasteiger charge is -2.32. The minimum absolute atomic E-state index is 0.500. The lowest BCUT2D eigenvalue weighted by atomic mass is 10.0. The van der Waals surface area contributed by atoms with Crippen molar-refractivity contribution in [3.63, 3.8) is 0 Å². The highest BCUT2D eigenvalue weighted by atomic mass is 15.3. The van der Waals surface area contributed by atoms with Gasteiger partial charge in [-0.15, -0.1) is 0 Å². The number of aromatic nitrogens is 3. The molecule has 1 unspecified atom stereocenters. The molecule has 1 atom stereocenters. The summed E-state index contributed by atoms with van der Waals surface area (Å²) >= 11 is 0. The van der Waals surface area contributed by atoms with Crippen molar-refractivity contribution in [1.82, 2.24) is 19.7 Å². The van der Waals surface area contributed by atoms with Gasteiger partial charge in [0, 0.05) is 18.2 Å². The van der Waals surface area contributed by atoms with Gasteiger partial charge in [-0.1, -0.05) is 30.7 Å². The molecule has 1 aliphatic rings. The lowest BCUT2D eigenvalue weighted by molar-refractivity contribution is 0.175. The summed E-state index contributed by atoms with van der Waals surface area (Å²) in [6.45, 7) is 9.67. The molecule has 4 nitrogen and oxygen atoms in total. The van der Waals surface area contributed by atoms with Crippen LogP contribution >= 0.6 is 0 Å². The van der Waals surface area contributed by atoms with E-state index >= 15 is 0 Å². The van der Waals surface area contributed by atoms with E-state index < -0.39 is 0 Å². The second-order valence-electron chi connectivity index (χ2n) is 6.19. The maximum Gasteiger partial charge on any atom is 0.158 e. The molecule has 2 heterocycles. The Balaban J connectivity index is 1.80. The number of hydrogen-bond acceptors (Lipinski definition) is 3. The molecule has 0 N–H and O–H groups in total. The summed E-state index contributed by atoms with van der Waals surface area (Å²) in [5.74, 6) is 1.81. The SMILES string of the molecule is CCn1nc(C)nc1-c1ccc(C(C)N2CCCCC2)cc1. The zero-order valence-corrected chi connectivity index (χ0v) is 13.9. The van der Waals surface area contributed by atoms with Gasteiger partial charge >= 0.3 is 0 Å². The van der Waals surface area contributed by atoms with E-state index in [1.54, 1.807) is 0 Å². The highest BCUT2D eigenvalue weighted by molar-refractivity contribution is 5.55. The van der Waals surface area contributed by atoms with E-state index in [1.165, 1.54) is 37.9 Å². The van der Waals surface area contributed by atoms with E-state index in [-0.39, 0.29) is 0 Å². The van der Waals surface area contributed by atoms with Crippen LogP contribution in [0.1, 0.15) is 50.5 Å². The summed E-state index contributed by atoms with van der Waals surface area (Å²) in [5, 5.41) is 4.43. The second kappa shape index (κ2) is 6.61. The van der Waals surface area contributed by atoms with E-state index in [0.29, 0.717) is 6.04 Å². The van der Waals surface area contributed by atoms with Crippen molar-refractivity contribution in [3.8, 4) is 11.4 Å². The number of likely N-dealkylation sites (tertiary alicyclic amines) is 1. The third-order valence-electron chi connectivity index (χ3n) is 4.67. The fraction of sp³-hybridized carbons (Fsp3) is 0.556. The quantitative estimate of drug-likeness (QED) is 0.860. The van der Waals surface area contributed by atoms with E-state index in [2.05, 4.69) is 53.1 Å². The molecule has 0 bridgehead atoms. The molecular formula is C18H26N4. The zero-order chi connectivity index (χ0) is 15.5. The van der Waals surface area contributed by atoms with Crippen molar-refractivity contribution in [3.05, 3.63) is 35.7 Å². The van der Waals surface area contributed by atoms with E-state index in [4.69, 9.17) is 0 Å². The Bertz CT molecular complexity index is 609. The van der Waals surface area contributed by atoms with Crippen LogP contribution in [-0.4, -0.2) is 32.8 Å². The van der Waals surface area contributed by atoms with Gasteiger partial charge in [0.25, 0.3) is 0 Å². The molecule has 118 valence electrons. The van der Waals surface area contributed by atoms with E-state index in [0.717, 1.165) is 23.8 Å². The maximum absolute atomic E-state index is 4.56. The Morgan fingerprint density at radius 3 is 2.41 bits per heavy atom. The van der Waals surface area contributed by atoms with Gasteiger partial charge in [0.1, 0.15) is 5.82 Å². The monoisotopic (exact) mass is 298 g/mol. The summed E-state index contributed by atoms with van der Waals surface area (Å²) < 4.78 is 1.97. The molecule has 1 saturated heterocycles. The Labute approximate surface area is 133 Å². The molecule has 1 fully saturated rings. The first-order valence-electron chi connectivity index (χ1n) is 8.45. The standard InChI is InChI=1S/C18H26N4/c1-4-22-18(19-15(3)20-22)17-10-8-16(9-11-17)14(2)21-12-6-5-7-13-21/h8-11,14H,4-7,12-13H2,1-3H3. The molecule has 2 aromatic rings. The first-order valence-corrected chi connectivity index (χ1v) is 8.45. The van der Waals surface area contributed by atoms with Gasteiger partial charge in [-0.25, -0.2) is 9.67 Å². The Kier molecular flexibility index (Phi) is 4.57. The minimum atomic E-state index is 0.500. The molecule has 0 spiro atoms. The van der Waals surface area contributed by atoms with Crippen LogP contribution in [0.2, 0.25) is 0 Å². The molecule has 0 saturated carbocycles. The van der Waals surface area contributed by atoms with Crippen LogP contribution in [0, 0.1) is 6.92 Å². The van der Waals surface area contributed by atoms with Gasteiger partial charge in [0.05, 0.1) is 0 Å². The number of nitrogens with zero attached hydrogens (tertiary/aromatic N) is 4. The number of piperidine rings is 1. The van der Waals surface area contributed by atoms with Crippen LogP contribution in [0.25, 0.3) is 11.4 Å². The first kappa shape index (κ1) is 15.2. The van der Waals surface area contributed by atoms with E-state index in [9.17, 15) is 0 Å². The Hall–Kier alpha value is -1.68. The molecule has 1 aromatic heterocycles. The molecule has 1 aliphatic heterocycles. The van der Waals surface area contributed by atoms with Gasteiger partial charge in [-0.05, 0) is 52.3 Å². The maximum atomic E-state index is 4.56. The number of hydrogen-bond donors (Lipinski definition) is 0. The molecule has 0 aliphatic carbocycles. The fourth-order valence-corrected chi connectivity index (χ4v) is 3.32.